The molecule has 0 aliphatic carbocycles. The van der Waals surface area contributed by atoms with Gasteiger partial charge in [-0.2, -0.15) is 0 Å². The van der Waals surface area contributed by atoms with Crippen molar-refractivity contribution < 1.29 is 4.74 Å². The highest BCUT2D eigenvalue weighted by molar-refractivity contribution is 9.10. The minimum absolute atomic E-state index is 0.803. The minimum Gasteiger partial charge on any atom is -0.497 e. The molecule has 3 rings (SSSR count). The highest BCUT2D eigenvalue weighted by atomic mass is 79.9. The maximum atomic E-state index is 5.17. The Morgan fingerprint density at radius 1 is 1.16 bits per heavy atom. The Morgan fingerprint density at radius 2 is 1.95 bits per heavy atom. The summed E-state index contributed by atoms with van der Waals surface area (Å²) in [4.78, 5) is 4.44. The van der Waals surface area contributed by atoms with E-state index in [0.717, 1.165) is 27.8 Å². The second-order valence-corrected chi connectivity index (χ2v) is 5.18. The first-order valence-electron chi connectivity index (χ1n) is 6.00. The fraction of sp³-hybridized carbons (Fsp3) is 0.133. The maximum absolute atomic E-state index is 5.17. The molecule has 0 bridgehead atoms. The van der Waals surface area contributed by atoms with Gasteiger partial charge in [0.05, 0.1) is 7.11 Å². The maximum Gasteiger partial charge on any atom is 0.141 e. The number of hydrogen-bond donors (Lipinski definition) is 0. The number of pyridine rings is 1. The fourth-order valence-corrected chi connectivity index (χ4v) is 2.54. The molecule has 19 heavy (non-hydrogen) atoms. The summed E-state index contributed by atoms with van der Waals surface area (Å²) >= 11 is 3.54. The van der Waals surface area contributed by atoms with Crippen LogP contribution < -0.4 is 4.74 Å². The summed E-state index contributed by atoms with van der Waals surface area (Å²) < 4.78 is 8.38. The van der Waals surface area contributed by atoms with Gasteiger partial charge in [-0.3, -0.25) is 0 Å². The van der Waals surface area contributed by atoms with Crippen molar-refractivity contribution in [3.05, 3.63) is 58.8 Å². The Labute approximate surface area is 120 Å². The standard InChI is InChI=1S/C15H13BrN2O/c1-19-12-4-2-11(3-5-12)10-18-9-7-13-14(16)6-8-17-15(13)18/h2-9H,10H2,1H3. The summed E-state index contributed by atoms with van der Waals surface area (Å²) in [5.74, 6) is 0.877. The normalized spacial score (nSPS) is 10.8. The van der Waals surface area contributed by atoms with E-state index in [1.54, 1.807) is 7.11 Å². The van der Waals surface area contributed by atoms with Crippen molar-refractivity contribution in [1.29, 1.82) is 0 Å². The summed E-state index contributed by atoms with van der Waals surface area (Å²) in [6.45, 7) is 0.803. The highest BCUT2D eigenvalue weighted by Gasteiger charge is 2.05. The van der Waals surface area contributed by atoms with Crippen LogP contribution in [0, 0.1) is 0 Å². The summed E-state index contributed by atoms with van der Waals surface area (Å²) in [5, 5.41) is 1.14. The Hall–Kier alpha value is -1.81. The number of aromatic nitrogens is 2. The van der Waals surface area contributed by atoms with E-state index in [-0.39, 0.29) is 0 Å². The van der Waals surface area contributed by atoms with Crippen molar-refractivity contribution >= 4 is 27.0 Å². The number of methoxy groups -OCH3 is 1. The molecule has 0 atom stereocenters. The van der Waals surface area contributed by atoms with Crippen LogP contribution in [0.4, 0.5) is 0 Å². The Morgan fingerprint density at radius 3 is 2.68 bits per heavy atom. The number of fused-ring (bicyclic) bond motifs is 1. The molecule has 1 aromatic carbocycles. The van der Waals surface area contributed by atoms with Gasteiger partial charge >= 0.3 is 0 Å². The first-order chi connectivity index (χ1) is 9.28. The van der Waals surface area contributed by atoms with E-state index in [9.17, 15) is 0 Å². The van der Waals surface area contributed by atoms with Gasteiger partial charge in [-0.1, -0.05) is 12.1 Å². The van der Waals surface area contributed by atoms with Crippen molar-refractivity contribution in [3.63, 3.8) is 0 Å². The third-order valence-corrected chi connectivity index (χ3v) is 3.81. The van der Waals surface area contributed by atoms with Crippen molar-refractivity contribution in [1.82, 2.24) is 9.55 Å². The molecule has 0 N–H and O–H groups in total. The molecule has 4 heteroatoms. The van der Waals surface area contributed by atoms with E-state index in [0.29, 0.717) is 0 Å². The average Bonchev–Trinajstić information content (AvgIpc) is 2.84. The molecule has 96 valence electrons. The van der Waals surface area contributed by atoms with Gasteiger partial charge in [0.2, 0.25) is 0 Å². The van der Waals surface area contributed by atoms with E-state index in [2.05, 4.69) is 49.9 Å². The lowest BCUT2D eigenvalue weighted by atomic mass is 10.2. The predicted octanol–water partition coefficient (Wildman–Crippen LogP) is 3.86. The van der Waals surface area contributed by atoms with E-state index >= 15 is 0 Å². The first-order valence-corrected chi connectivity index (χ1v) is 6.79. The molecule has 0 saturated carbocycles. The molecular formula is C15H13BrN2O. The lowest BCUT2D eigenvalue weighted by Crippen LogP contribution is -1.99. The quantitative estimate of drug-likeness (QED) is 0.733. The third-order valence-electron chi connectivity index (χ3n) is 3.12. The summed E-state index contributed by atoms with van der Waals surface area (Å²) in [6.07, 6.45) is 3.88. The Kier molecular flexibility index (Phi) is 3.25. The lowest BCUT2D eigenvalue weighted by molar-refractivity contribution is 0.414. The zero-order valence-electron chi connectivity index (χ0n) is 10.5. The van der Waals surface area contributed by atoms with E-state index in [4.69, 9.17) is 4.74 Å². The van der Waals surface area contributed by atoms with Gasteiger partial charge < -0.3 is 9.30 Å². The van der Waals surface area contributed by atoms with Crippen LogP contribution in [-0.2, 0) is 6.54 Å². The number of hydrogen-bond acceptors (Lipinski definition) is 2. The van der Waals surface area contributed by atoms with Crippen molar-refractivity contribution in [2.24, 2.45) is 0 Å². The van der Waals surface area contributed by atoms with E-state index < -0.39 is 0 Å². The average molecular weight is 317 g/mol. The zero-order chi connectivity index (χ0) is 13.2. The Bertz CT molecular complexity index is 704. The van der Waals surface area contributed by atoms with Crippen molar-refractivity contribution in [3.8, 4) is 5.75 Å². The van der Waals surface area contributed by atoms with Crippen LogP contribution in [0.25, 0.3) is 11.0 Å². The molecule has 0 saturated heterocycles. The van der Waals surface area contributed by atoms with Crippen LogP contribution in [0.1, 0.15) is 5.56 Å². The smallest absolute Gasteiger partial charge is 0.141 e. The second kappa shape index (κ2) is 5.05. The summed E-state index contributed by atoms with van der Waals surface area (Å²) in [7, 11) is 1.68. The van der Waals surface area contributed by atoms with Crippen LogP contribution in [-0.4, -0.2) is 16.7 Å². The van der Waals surface area contributed by atoms with E-state index in [1.165, 1.54) is 5.56 Å². The fourth-order valence-electron chi connectivity index (χ4n) is 2.11. The predicted molar refractivity (Wildman–Crippen MR) is 79.5 cm³/mol. The van der Waals surface area contributed by atoms with Gasteiger partial charge in [-0.15, -0.1) is 0 Å². The SMILES string of the molecule is COc1ccc(Cn2ccc3c(Br)ccnc32)cc1. The number of halogens is 1. The topological polar surface area (TPSA) is 27.1 Å². The molecule has 3 aromatic rings. The van der Waals surface area contributed by atoms with Crippen LogP contribution in [0.2, 0.25) is 0 Å². The van der Waals surface area contributed by atoms with Crippen LogP contribution >= 0.6 is 15.9 Å². The highest BCUT2D eigenvalue weighted by Crippen LogP contribution is 2.23. The van der Waals surface area contributed by atoms with Gasteiger partial charge in [0.15, 0.2) is 0 Å². The molecule has 2 aromatic heterocycles. The first kappa shape index (κ1) is 12.2. The van der Waals surface area contributed by atoms with Gasteiger partial charge in [0.25, 0.3) is 0 Å². The Balaban J connectivity index is 1.94. The van der Waals surface area contributed by atoms with Crippen molar-refractivity contribution in [2.75, 3.05) is 7.11 Å². The monoisotopic (exact) mass is 316 g/mol. The molecule has 3 nitrogen and oxygen atoms in total. The number of benzene rings is 1. The molecule has 0 unspecified atom stereocenters. The van der Waals surface area contributed by atoms with Crippen LogP contribution in [0.3, 0.4) is 0 Å². The van der Waals surface area contributed by atoms with E-state index in [1.807, 2.05) is 24.4 Å². The molecule has 0 fully saturated rings. The van der Waals surface area contributed by atoms with Gasteiger partial charge in [-0.05, 0) is 45.8 Å². The molecular weight excluding hydrogens is 304 g/mol. The second-order valence-electron chi connectivity index (χ2n) is 4.32. The van der Waals surface area contributed by atoms with Gasteiger partial charge in [-0.25, -0.2) is 4.98 Å². The molecule has 0 aliphatic rings. The third kappa shape index (κ3) is 2.36. The number of rotatable bonds is 3. The number of nitrogens with zero attached hydrogens (tertiary/aromatic N) is 2. The summed E-state index contributed by atoms with van der Waals surface area (Å²) in [6, 6.07) is 12.1. The largest absolute Gasteiger partial charge is 0.497 e. The summed E-state index contributed by atoms with van der Waals surface area (Å²) in [5.41, 5.74) is 2.21. The zero-order valence-corrected chi connectivity index (χ0v) is 12.1. The van der Waals surface area contributed by atoms with Gasteiger partial charge in [0, 0.05) is 28.8 Å². The van der Waals surface area contributed by atoms with Crippen molar-refractivity contribution in [2.45, 2.75) is 6.54 Å². The number of ether oxygens (including phenoxy) is 1. The molecule has 2 heterocycles. The molecule has 0 radical (unpaired) electrons. The van der Waals surface area contributed by atoms with Crippen LogP contribution in [0.15, 0.2) is 53.3 Å². The lowest BCUT2D eigenvalue weighted by Gasteiger charge is -2.06. The molecule has 0 amide bonds. The van der Waals surface area contributed by atoms with Gasteiger partial charge in [0.1, 0.15) is 11.4 Å². The minimum atomic E-state index is 0.803. The van der Waals surface area contributed by atoms with Crippen LogP contribution in [0.5, 0.6) is 5.75 Å². The molecule has 0 spiro atoms. The molecule has 0 aliphatic heterocycles.